The van der Waals surface area contributed by atoms with Crippen molar-refractivity contribution in [2.45, 2.75) is 13.1 Å². The molecule has 2 heterocycles. The predicted molar refractivity (Wildman–Crippen MR) is 230 cm³/mol. The Balaban J connectivity index is 1.12. The van der Waals surface area contributed by atoms with Gasteiger partial charge in [-0.1, -0.05) is 170 Å². The maximum atomic E-state index is 4.93. The van der Waals surface area contributed by atoms with E-state index in [9.17, 15) is 0 Å². The number of rotatable bonds is 9. The van der Waals surface area contributed by atoms with Gasteiger partial charge in [0, 0.05) is 49.9 Å². The third-order valence-corrected chi connectivity index (χ3v) is 11.4. The number of pyridine rings is 1. The molecular weight excluding hydrogens is 659 g/mol. The third-order valence-electron chi connectivity index (χ3n) is 10.2. The minimum Gasteiger partial charge on any atom is -0.301 e. The largest absolute Gasteiger partial charge is 0.301 e. The fourth-order valence-corrected chi connectivity index (χ4v) is 9.03. The van der Waals surface area contributed by atoms with E-state index in [1.54, 1.807) is 0 Å². The van der Waals surface area contributed by atoms with Crippen LogP contribution in [0.3, 0.4) is 0 Å². The van der Waals surface area contributed by atoms with Crippen LogP contribution in [0.15, 0.2) is 194 Å². The highest BCUT2D eigenvalue weighted by Crippen LogP contribution is 2.52. The summed E-state index contributed by atoms with van der Waals surface area (Å²) in [7, 11) is 0. The molecule has 0 bridgehead atoms. The molecular formula is C49H37BN2S. The number of hydrogen-bond acceptors (Lipinski definition) is 3. The maximum absolute atomic E-state index is 4.93. The number of anilines is 3. The Bertz CT molecular complexity index is 2600. The van der Waals surface area contributed by atoms with Crippen LogP contribution in [0.5, 0.6) is 0 Å². The number of nitrogens with zero attached hydrogens (tertiary/aromatic N) is 2. The first-order chi connectivity index (χ1) is 26.2. The van der Waals surface area contributed by atoms with E-state index in [0.29, 0.717) is 6.71 Å². The molecule has 7 aromatic carbocycles. The molecule has 252 valence electrons. The van der Waals surface area contributed by atoms with Gasteiger partial charge in [0.2, 0.25) is 0 Å². The lowest BCUT2D eigenvalue weighted by molar-refractivity contribution is 1.32. The van der Waals surface area contributed by atoms with E-state index in [4.69, 9.17) is 4.98 Å². The minimum atomic E-state index is 0.296. The van der Waals surface area contributed by atoms with Gasteiger partial charge in [-0.25, -0.2) is 0 Å². The minimum absolute atomic E-state index is 0.296. The summed E-state index contributed by atoms with van der Waals surface area (Å²) in [5, 5.41) is 4.80. The molecule has 53 heavy (non-hydrogen) atoms. The van der Waals surface area contributed by atoms with Crippen molar-refractivity contribution in [1.82, 2.24) is 4.98 Å². The Morgan fingerprint density at radius 1 is 0.509 bits per heavy atom. The van der Waals surface area contributed by atoms with E-state index in [2.05, 4.69) is 200 Å². The quantitative estimate of drug-likeness (QED) is 0.110. The van der Waals surface area contributed by atoms with Gasteiger partial charge in [0.25, 0.3) is 0 Å². The van der Waals surface area contributed by atoms with Crippen LogP contribution >= 0.6 is 11.3 Å². The van der Waals surface area contributed by atoms with Crippen molar-refractivity contribution < 1.29 is 0 Å². The first-order valence-electron chi connectivity index (χ1n) is 18.3. The van der Waals surface area contributed by atoms with Gasteiger partial charge in [-0.3, -0.25) is 4.98 Å². The smallest absolute Gasteiger partial charge is 0.177 e. The van der Waals surface area contributed by atoms with Gasteiger partial charge < -0.3 is 4.90 Å². The molecule has 9 aromatic rings. The molecule has 2 nitrogen and oxygen atoms in total. The zero-order chi connectivity index (χ0) is 35.6. The first kappa shape index (κ1) is 32.7. The maximum Gasteiger partial charge on any atom is 0.177 e. The number of fused-ring (bicyclic) bond motifs is 3. The Kier molecular flexibility index (Phi) is 8.89. The summed E-state index contributed by atoms with van der Waals surface area (Å²) in [6, 6.07) is 67.6. The Labute approximate surface area is 315 Å². The van der Waals surface area contributed by atoms with E-state index in [1.807, 2.05) is 17.5 Å². The monoisotopic (exact) mass is 696 g/mol. The summed E-state index contributed by atoms with van der Waals surface area (Å²) in [5.74, 6) is 0. The number of thiophene rings is 1. The Hall–Kier alpha value is -6.23. The van der Waals surface area contributed by atoms with Crippen molar-refractivity contribution in [3.05, 3.63) is 199 Å². The van der Waals surface area contributed by atoms with Crippen molar-refractivity contribution in [3.63, 3.8) is 0 Å². The fraction of sp³-hybridized carbons (Fsp3) is 0.0408. The van der Waals surface area contributed by atoms with Crippen molar-refractivity contribution in [2.24, 2.45) is 0 Å². The summed E-state index contributed by atoms with van der Waals surface area (Å²) >= 11 is 1.92. The lowest BCUT2D eigenvalue weighted by Crippen LogP contribution is -2.29. The lowest BCUT2D eigenvalue weighted by Gasteiger charge is -2.25. The van der Waals surface area contributed by atoms with E-state index >= 15 is 0 Å². The van der Waals surface area contributed by atoms with Crippen LogP contribution < -0.4 is 10.4 Å². The number of hydrogen-bond donors (Lipinski definition) is 0. The Morgan fingerprint density at radius 3 is 1.70 bits per heavy atom. The first-order valence-corrected chi connectivity index (χ1v) is 19.1. The molecule has 0 saturated heterocycles. The average Bonchev–Trinajstić information content (AvgIpc) is 3.60. The highest BCUT2D eigenvalue weighted by atomic mass is 32.1. The number of para-hydroxylation sites is 2. The van der Waals surface area contributed by atoms with E-state index < -0.39 is 0 Å². The third kappa shape index (κ3) is 6.43. The standard InChI is InChI=1S/C49H37BN2S/c1-50(41-30-28-35(29-31-41)40-32-39-27-26-36-16-14-15-25-44(36)48(39)51-34-40)33-45-46(37-17-6-2-7-18-37)47(38-19-8-3-9-20-38)49(53-45)52(42-21-10-4-11-22-42)43-23-12-5-13-24-43/h2-32,34H,33H2,1H3. The number of benzene rings is 7. The fourth-order valence-electron chi connectivity index (χ4n) is 7.52. The van der Waals surface area contributed by atoms with Gasteiger partial charge in [0.1, 0.15) is 5.00 Å². The zero-order valence-electron chi connectivity index (χ0n) is 29.6. The number of aromatic nitrogens is 1. The second-order valence-electron chi connectivity index (χ2n) is 13.6. The van der Waals surface area contributed by atoms with Gasteiger partial charge >= 0.3 is 0 Å². The Morgan fingerprint density at radius 2 is 1.06 bits per heavy atom. The highest BCUT2D eigenvalue weighted by molar-refractivity contribution is 7.18. The summed E-state index contributed by atoms with van der Waals surface area (Å²) in [4.78, 5) is 8.74. The van der Waals surface area contributed by atoms with Gasteiger partial charge in [-0.2, -0.15) is 0 Å². The van der Waals surface area contributed by atoms with E-state index in [1.165, 1.54) is 53.9 Å². The van der Waals surface area contributed by atoms with Crippen LogP contribution in [0.25, 0.3) is 55.1 Å². The average molecular weight is 697 g/mol. The molecule has 0 spiro atoms. The highest BCUT2D eigenvalue weighted by Gasteiger charge is 2.28. The van der Waals surface area contributed by atoms with Gasteiger partial charge in [0.05, 0.1) is 5.52 Å². The van der Waals surface area contributed by atoms with Gasteiger partial charge in [0.15, 0.2) is 6.71 Å². The van der Waals surface area contributed by atoms with Crippen LogP contribution in [0.1, 0.15) is 4.88 Å². The van der Waals surface area contributed by atoms with Crippen LogP contribution in [0.2, 0.25) is 6.82 Å². The topological polar surface area (TPSA) is 16.1 Å². The van der Waals surface area contributed by atoms with Crippen molar-refractivity contribution in [2.75, 3.05) is 4.90 Å². The van der Waals surface area contributed by atoms with Crippen molar-refractivity contribution in [3.8, 4) is 33.4 Å². The summed E-state index contributed by atoms with van der Waals surface area (Å²) in [5.41, 5.74) is 12.0. The normalized spacial score (nSPS) is 11.2. The SMILES string of the molecule is CB(Cc1sc(N(c2ccccc2)c2ccccc2)c(-c2ccccc2)c1-c1ccccc1)c1ccc(-c2cnc3c(ccc4ccccc43)c2)cc1. The molecule has 0 saturated carbocycles. The van der Waals surface area contributed by atoms with Crippen molar-refractivity contribution in [1.29, 1.82) is 0 Å². The molecule has 0 unspecified atom stereocenters. The predicted octanol–water partition coefficient (Wildman–Crippen LogP) is 13.0. The molecule has 0 radical (unpaired) electrons. The van der Waals surface area contributed by atoms with E-state index in [0.717, 1.165) is 34.2 Å². The van der Waals surface area contributed by atoms with Crippen LogP contribution in [0.4, 0.5) is 16.4 Å². The van der Waals surface area contributed by atoms with E-state index in [-0.39, 0.29) is 0 Å². The van der Waals surface area contributed by atoms with Gasteiger partial charge in [-0.05, 0) is 58.7 Å². The molecule has 0 amide bonds. The molecule has 4 heteroatoms. The molecule has 9 rings (SSSR count). The van der Waals surface area contributed by atoms with Crippen LogP contribution in [-0.4, -0.2) is 11.7 Å². The second-order valence-corrected chi connectivity index (χ2v) is 14.7. The molecule has 2 aromatic heterocycles. The molecule has 0 fully saturated rings. The molecule has 0 aliphatic rings. The summed E-state index contributed by atoms with van der Waals surface area (Å²) in [6.07, 6.45) is 2.93. The van der Waals surface area contributed by atoms with Crippen LogP contribution in [-0.2, 0) is 6.32 Å². The zero-order valence-corrected chi connectivity index (χ0v) is 30.4. The van der Waals surface area contributed by atoms with Crippen LogP contribution in [0, 0.1) is 0 Å². The molecule has 0 atom stereocenters. The van der Waals surface area contributed by atoms with Gasteiger partial charge in [-0.15, -0.1) is 11.3 Å². The molecule has 0 N–H and O–H groups in total. The summed E-state index contributed by atoms with van der Waals surface area (Å²) < 4.78 is 0. The second kappa shape index (κ2) is 14.4. The molecule has 0 aliphatic heterocycles. The van der Waals surface area contributed by atoms with Crippen molar-refractivity contribution >= 4 is 61.6 Å². The molecule has 0 aliphatic carbocycles. The summed E-state index contributed by atoms with van der Waals surface area (Å²) in [6.45, 7) is 2.66. The lowest BCUT2D eigenvalue weighted by atomic mass is 9.44.